The van der Waals surface area contributed by atoms with E-state index in [4.69, 9.17) is 4.74 Å². The highest BCUT2D eigenvalue weighted by molar-refractivity contribution is 5.38. The van der Waals surface area contributed by atoms with E-state index in [1.54, 1.807) is 29.0 Å². The third-order valence-electron chi connectivity index (χ3n) is 3.89. The zero-order chi connectivity index (χ0) is 13.0. The predicted molar refractivity (Wildman–Crippen MR) is 70.3 cm³/mol. The van der Waals surface area contributed by atoms with Crippen molar-refractivity contribution in [3.05, 3.63) is 23.8 Å². The molecular weight excluding hydrogens is 228 g/mol. The fourth-order valence-electron chi connectivity index (χ4n) is 2.59. The number of methoxy groups -OCH3 is 1. The lowest BCUT2D eigenvalue weighted by Crippen LogP contribution is -3.27. The molecule has 0 spiro atoms. The van der Waals surface area contributed by atoms with E-state index in [1.807, 2.05) is 6.07 Å². The first-order valence-corrected chi connectivity index (χ1v) is 6.76. The average Bonchev–Trinajstić information content (AvgIpc) is 2.42. The Kier molecular flexibility index (Phi) is 4.44. The number of ether oxygens (including phenoxy) is 1. The van der Waals surface area contributed by atoms with Crippen LogP contribution in [0.3, 0.4) is 0 Å². The van der Waals surface area contributed by atoms with E-state index in [0.717, 1.165) is 17.9 Å². The summed E-state index contributed by atoms with van der Waals surface area (Å²) in [5.41, 5.74) is 0.990. The SMILES string of the molecule is CC[NH+]1CC[NH+](Cc2cc(OC)ccc2O)CC1. The maximum Gasteiger partial charge on any atom is 0.127 e. The molecule has 1 aliphatic heterocycles. The molecular formula is C14H24N2O2+2. The van der Waals surface area contributed by atoms with E-state index >= 15 is 0 Å². The summed E-state index contributed by atoms with van der Waals surface area (Å²) in [4.78, 5) is 3.24. The summed E-state index contributed by atoms with van der Waals surface area (Å²) >= 11 is 0. The Hall–Kier alpha value is -1.26. The van der Waals surface area contributed by atoms with Gasteiger partial charge in [0.05, 0.1) is 19.2 Å². The second-order valence-corrected chi connectivity index (χ2v) is 5.02. The Labute approximate surface area is 109 Å². The molecule has 100 valence electrons. The molecule has 4 heteroatoms. The maximum atomic E-state index is 9.89. The summed E-state index contributed by atoms with van der Waals surface area (Å²) in [6.07, 6.45) is 0. The number of aromatic hydroxyl groups is 1. The van der Waals surface area contributed by atoms with Crippen LogP contribution in [0.5, 0.6) is 11.5 Å². The summed E-state index contributed by atoms with van der Waals surface area (Å²) in [5.74, 6) is 1.20. The molecule has 0 unspecified atom stereocenters. The van der Waals surface area contributed by atoms with Crippen LogP contribution in [0.2, 0.25) is 0 Å². The molecule has 0 atom stereocenters. The van der Waals surface area contributed by atoms with Gasteiger partial charge in [0, 0.05) is 0 Å². The number of piperazine rings is 1. The van der Waals surface area contributed by atoms with Crippen molar-refractivity contribution >= 4 is 0 Å². The minimum atomic E-state index is 0.383. The monoisotopic (exact) mass is 252 g/mol. The highest BCUT2D eigenvalue weighted by Crippen LogP contribution is 2.21. The van der Waals surface area contributed by atoms with Gasteiger partial charge >= 0.3 is 0 Å². The van der Waals surface area contributed by atoms with E-state index in [0.29, 0.717) is 5.75 Å². The van der Waals surface area contributed by atoms with Crippen molar-refractivity contribution in [1.29, 1.82) is 0 Å². The van der Waals surface area contributed by atoms with Gasteiger partial charge in [0.1, 0.15) is 44.2 Å². The van der Waals surface area contributed by atoms with Crippen LogP contribution in [0.25, 0.3) is 0 Å². The van der Waals surface area contributed by atoms with E-state index in [-0.39, 0.29) is 0 Å². The number of likely N-dealkylation sites (N-methyl/N-ethyl adjacent to an activating group) is 1. The molecule has 0 aromatic heterocycles. The fraction of sp³-hybridized carbons (Fsp3) is 0.571. The summed E-state index contributed by atoms with van der Waals surface area (Å²) in [6, 6.07) is 5.47. The van der Waals surface area contributed by atoms with Gasteiger partial charge in [0.2, 0.25) is 0 Å². The van der Waals surface area contributed by atoms with Gasteiger partial charge in [-0.2, -0.15) is 0 Å². The van der Waals surface area contributed by atoms with Crippen molar-refractivity contribution < 1.29 is 19.6 Å². The van der Waals surface area contributed by atoms with Crippen LogP contribution in [0, 0.1) is 0 Å². The Bertz CT molecular complexity index is 387. The van der Waals surface area contributed by atoms with Crippen LogP contribution in [-0.2, 0) is 6.54 Å². The molecule has 0 amide bonds. The molecule has 3 N–H and O–H groups in total. The number of phenolic OH excluding ortho intramolecular Hbond substituents is 1. The third-order valence-corrected chi connectivity index (χ3v) is 3.89. The van der Waals surface area contributed by atoms with E-state index in [1.165, 1.54) is 32.7 Å². The van der Waals surface area contributed by atoms with Crippen LogP contribution >= 0.6 is 0 Å². The fourth-order valence-corrected chi connectivity index (χ4v) is 2.59. The summed E-state index contributed by atoms with van der Waals surface area (Å²) in [5, 5.41) is 9.89. The predicted octanol–water partition coefficient (Wildman–Crippen LogP) is -1.30. The van der Waals surface area contributed by atoms with Gasteiger partial charge < -0.3 is 19.6 Å². The standard InChI is InChI=1S/C14H22N2O2/c1-3-15-6-8-16(9-7-15)11-12-10-13(18-2)4-5-14(12)17/h4-5,10,17H,3,6-9,11H2,1-2H3/p+2. The second-order valence-electron chi connectivity index (χ2n) is 5.02. The average molecular weight is 252 g/mol. The molecule has 0 saturated carbocycles. The Morgan fingerprint density at radius 2 is 1.83 bits per heavy atom. The van der Waals surface area contributed by atoms with Crippen LogP contribution in [-0.4, -0.2) is 44.9 Å². The highest BCUT2D eigenvalue weighted by Gasteiger charge is 2.22. The van der Waals surface area contributed by atoms with Crippen LogP contribution in [0.1, 0.15) is 12.5 Å². The molecule has 0 aliphatic carbocycles. The number of rotatable bonds is 4. The van der Waals surface area contributed by atoms with Gasteiger partial charge in [0.15, 0.2) is 0 Å². The zero-order valence-corrected chi connectivity index (χ0v) is 11.3. The lowest BCUT2D eigenvalue weighted by molar-refractivity contribution is -1.02. The van der Waals surface area contributed by atoms with E-state index < -0.39 is 0 Å². The number of quaternary nitrogens is 2. The number of hydrogen-bond acceptors (Lipinski definition) is 2. The summed E-state index contributed by atoms with van der Waals surface area (Å²) < 4.78 is 5.21. The molecule has 1 aromatic rings. The van der Waals surface area contributed by atoms with Crippen LogP contribution in [0.15, 0.2) is 18.2 Å². The van der Waals surface area contributed by atoms with Crippen LogP contribution < -0.4 is 14.5 Å². The normalized spacial score (nSPS) is 23.9. The van der Waals surface area contributed by atoms with Crippen LogP contribution in [0.4, 0.5) is 0 Å². The minimum Gasteiger partial charge on any atom is -0.507 e. The number of phenols is 1. The van der Waals surface area contributed by atoms with Gasteiger partial charge in [0.25, 0.3) is 0 Å². The smallest absolute Gasteiger partial charge is 0.127 e. The van der Waals surface area contributed by atoms with Gasteiger partial charge in [-0.05, 0) is 25.1 Å². The largest absolute Gasteiger partial charge is 0.507 e. The molecule has 0 radical (unpaired) electrons. The highest BCUT2D eigenvalue weighted by atomic mass is 16.5. The lowest BCUT2D eigenvalue weighted by atomic mass is 10.1. The van der Waals surface area contributed by atoms with E-state index in [9.17, 15) is 5.11 Å². The van der Waals surface area contributed by atoms with Crippen molar-refractivity contribution in [2.45, 2.75) is 13.5 Å². The molecule has 4 nitrogen and oxygen atoms in total. The van der Waals surface area contributed by atoms with Gasteiger partial charge in [-0.15, -0.1) is 0 Å². The first kappa shape index (κ1) is 13.2. The quantitative estimate of drug-likeness (QED) is 0.623. The molecule has 1 aromatic carbocycles. The Balaban J connectivity index is 1.97. The summed E-state index contributed by atoms with van der Waals surface area (Å²) in [7, 11) is 1.66. The molecule has 1 heterocycles. The minimum absolute atomic E-state index is 0.383. The molecule has 1 saturated heterocycles. The van der Waals surface area contributed by atoms with Crippen molar-refractivity contribution in [2.24, 2.45) is 0 Å². The lowest BCUT2D eigenvalue weighted by Gasteiger charge is -2.29. The van der Waals surface area contributed by atoms with Gasteiger partial charge in [-0.3, -0.25) is 0 Å². The summed E-state index contributed by atoms with van der Waals surface area (Å²) in [6.45, 7) is 9.18. The maximum absolute atomic E-state index is 9.89. The number of benzene rings is 1. The number of nitrogens with one attached hydrogen (secondary N) is 2. The van der Waals surface area contributed by atoms with Gasteiger partial charge in [-0.25, -0.2) is 0 Å². The first-order valence-electron chi connectivity index (χ1n) is 6.76. The first-order chi connectivity index (χ1) is 8.72. The molecule has 0 bridgehead atoms. The van der Waals surface area contributed by atoms with Gasteiger partial charge in [-0.1, -0.05) is 0 Å². The Morgan fingerprint density at radius 3 is 2.44 bits per heavy atom. The number of hydrogen-bond donors (Lipinski definition) is 3. The molecule has 2 rings (SSSR count). The Morgan fingerprint density at radius 1 is 1.17 bits per heavy atom. The topological polar surface area (TPSA) is 38.3 Å². The van der Waals surface area contributed by atoms with Crippen molar-refractivity contribution in [3.8, 4) is 11.5 Å². The third kappa shape index (κ3) is 3.15. The second kappa shape index (κ2) is 6.07. The van der Waals surface area contributed by atoms with Crippen molar-refractivity contribution in [1.82, 2.24) is 0 Å². The zero-order valence-electron chi connectivity index (χ0n) is 11.3. The molecule has 1 aliphatic rings. The molecule has 1 fully saturated rings. The van der Waals surface area contributed by atoms with Crippen molar-refractivity contribution in [2.75, 3.05) is 39.8 Å². The van der Waals surface area contributed by atoms with E-state index in [2.05, 4.69) is 6.92 Å². The van der Waals surface area contributed by atoms with Crippen molar-refractivity contribution in [3.63, 3.8) is 0 Å². The molecule has 18 heavy (non-hydrogen) atoms.